The number of nitrogens with one attached hydrogen (secondary N) is 3. The third-order valence-corrected chi connectivity index (χ3v) is 5.65. The van der Waals surface area contributed by atoms with E-state index in [1.807, 2.05) is 23.6 Å². The smallest absolute Gasteiger partial charge is 0.320 e. The van der Waals surface area contributed by atoms with Gasteiger partial charge in [0, 0.05) is 24.7 Å². The number of thiazole rings is 1. The van der Waals surface area contributed by atoms with E-state index in [-0.39, 0.29) is 11.6 Å². The van der Waals surface area contributed by atoms with Crippen LogP contribution in [0.4, 0.5) is 10.6 Å². The number of hydrogen-bond acceptors (Lipinski definition) is 5. The molecule has 2 fully saturated rings. The van der Waals surface area contributed by atoms with Gasteiger partial charge >= 0.3 is 6.03 Å². The van der Waals surface area contributed by atoms with Crippen molar-refractivity contribution in [1.82, 2.24) is 20.6 Å². The Morgan fingerprint density at radius 2 is 2.39 bits per heavy atom. The lowest BCUT2D eigenvalue weighted by Gasteiger charge is -2.29. The molecule has 2 aromatic rings. The molecule has 3 heterocycles. The molecule has 7 heteroatoms. The number of aromatic nitrogens is 2. The van der Waals surface area contributed by atoms with E-state index in [4.69, 9.17) is 0 Å². The maximum absolute atomic E-state index is 12.4. The summed E-state index contributed by atoms with van der Waals surface area (Å²) in [5, 5.41) is 12.1. The molecule has 0 aromatic carbocycles. The summed E-state index contributed by atoms with van der Waals surface area (Å²) < 4.78 is 0. The van der Waals surface area contributed by atoms with Crippen molar-refractivity contribution in [2.45, 2.75) is 24.8 Å². The largest absolute Gasteiger partial charge is 0.331 e. The average Bonchev–Trinajstić information content (AvgIpc) is 3.23. The van der Waals surface area contributed by atoms with Crippen LogP contribution in [-0.2, 0) is 0 Å². The normalized spacial score (nSPS) is 26.0. The van der Waals surface area contributed by atoms with Gasteiger partial charge in [0.25, 0.3) is 0 Å². The Morgan fingerprint density at radius 1 is 1.43 bits per heavy atom. The van der Waals surface area contributed by atoms with E-state index < -0.39 is 0 Å². The molecule has 2 amide bonds. The summed E-state index contributed by atoms with van der Waals surface area (Å²) in [4.78, 5) is 21.1. The minimum Gasteiger partial charge on any atom is -0.331 e. The van der Waals surface area contributed by atoms with Gasteiger partial charge in [-0.3, -0.25) is 10.3 Å². The molecule has 0 unspecified atom stereocenters. The van der Waals surface area contributed by atoms with Gasteiger partial charge in [0.05, 0.1) is 11.2 Å². The summed E-state index contributed by atoms with van der Waals surface area (Å²) in [6.45, 7) is 1.86. The number of carbonyl (C=O) groups is 1. The van der Waals surface area contributed by atoms with Crippen molar-refractivity contribution in [2.24, 2.45) is 5.92 Å². The summed E-state index contributed by atoms with van der Waals surface area (Å²) in [5.74, 6) is 1.12. The molecule has 0 spiro atoms. The van der Waals surface area contributed by atoms with Gasteiger partial charge in [-0.2, -0.15) is 0 Å². The number of fused-ring (bicyclic) bond motifs is 1. The summed E-state index contributed by atoms with van der Waals surface area (Å²) in [5.41, 5.74) is 0.740. The summed E-state index contributed by atoms with van der Waals surface area (Å²) in [6, 6.07) is 5.54. The van der Waals surface area contributed by atoms with Gasteiger partial charge in [-0.1, -0.05) is 12.5 Å². The maximum Gasteiger partial charge on any atom is 0.320 e. The number of anilines is 1. The lowest BCUT2D eigenvalue weighted by Crippen LogP contribution is -2.53. The molecule has 1 saturated carbocycles. The molecule has 2 aliphatic rings. The Bertz CT molecular complexity index is 692. The molecule has 2 atom stereocenters. The van der Waals surface area contributed by atoms with Crippen molar-refractivity contribution in [3.63, 3.8) is 0 Å². The molecule has 6 nitrogen and oxygen atoms in total. The number of rotatable bonds is 3. The second-order valence-electron chi connectivity index (χ2n) is 6.21. The monoisotopic (exact) mass is 329 g/mol. The summed E-state index contributed by atoms with van der Waals surface area (Å²) in [7, 11) is 0. The molecule has 120 valence electrons. The van der Waals surface area contributed by atoms with Crippen LogP contribution in [0.25, 0.3) is 10.7 Å². The number of amides is 2. The molecule has 0 radical (unpaired) electrons. The van der Waals surface area contributed by atoms with Gasteiger partial charge in [-0.15, -0.1) is 11.3 Å². The molecular weight excluding hydrogens is 310 g/mol. The first-order chi connectivity index (χ1) is 11.3. The molecule has 3 N–H and O–H groups in total. The minimum absolute atomic E-state index is 0.0794. The highest BCUT2D eigenvalue weighted by molar-refractivity contribution is 7.13. The Balaban J connectivity index is 1.42. The molecule has 0 bridgehead atoms. The van der Waals surface area contributed by atoms with E-state index in [2.05, 4.69) is 25.9 Å². The second-order valence-corrected chi connectivity index (χ2v) is 7.07. The molecule has 23 heavy (non-hydrogen) atoms. The number of urea groups is 1. The van der Waals surface area contributed by atoms with E-state index in [1.165, 1.54) is 24.2 Å². The van der Waals surface area contributed by atoms with E-state index in [0.717, 1.165) is 30.2 Å². The highest BCUT2D eigenvalue weighted by atomic mass is 32.1. The number of pyridine rings is 1. The minimum atomic E-state index is -0.168. The highest BCUT2D eigenvalue weighted by Crippen LogP contribution is 2.38. The van der Waals surface area contributed by atoms with E-state index in [9.17, 15) is 4.79 Å². The number of hydrogen-bond donors (Lipinski definition) is 3. The van der Waals surface area contributed by atoms with Crippen LogP contribution in [0, 0.1) is 5.92 Å². The third kappa shape index (κ3) is 2.82. The van der Waals surface area contributed by atoms with Crippen LogP contribution in [0.1, 0.15) is 19.3 Å². The summed E-state index contributed by atoms with van der Waals surface area (Å²) in [6.07, 6.45) is 5.17. The molecular formula is C16H19N5OS. The highest BCUT2D eigenvalue weighted by Gasteiger charge is 2.47. The fourth-order valence-electron chi connectivity index (χ4n) is 3.66. The molecule has 1 saturated heterocycles. The fraction of sp³-hybridized carbons (Fsp3) is 0.438. The van der Waals surface area contributed by atoms with Crippen LogP contribution in [0.15, 0.2) is 29.8 Å². The SMILES string of the molecule is O=C(Nc1csc(-c2ccccn2)n1)N[C@]12CCC[C@H]1CNC2. The van der Waals surface area contributed by atoms with Crippen LogP contribution < -0.4 is 16.0 Å². The van der Waals surface area contributed by atoms with Crippen LogP contribution in [-0.4, -0.2) is 34.6 Å². The Kier molecular flexibility index (Phi) is 3.74. The summed E-state index contributed by atoms with van der Waals surface area (Å²) >= 11 is 1.48. The zero-order valence-electron chi connectivity index (χ0n) is 12.7. The number of carbonyl (C=O) groups excluding carboxylic acids is 1. The predicted molar refractivity (Wildman–Crippen MR) is 90.4 cm³/mol. The lowest BCUT2D eigenvalue weighted by molar-refractivity contribution is 0.232. The van der Waals surface area contributed by atoms with Gasteiger partial charge in [0.1, 0.15) is 10.8 Å². The van der Waals surface area contributed by atoms with Crippen molar-refractivity contribution in [2.75, 3.05) is 18.4 Å². The first kappa shape index (κ1) is 14.6. The van der Waals surface area contributed by atoms with Gasteiger partial charge in [0.15, 0.2) is 0 Å². The van der Waals surface area contributed by atoms with E-state index >= 15 is 0 Å². The van der Waals surface area contributed by atoms with Gasteiger partial charge < -0.3 is 10.6 Å². The zero-order valence-corrected chi connectivity index (χ0v) is 13.5. The van der Waals surface area contributed by atoms with Crippen LogP contribution in [0.2, 0.25) is 0 Å². The standard InChI is InChI=1S/C16H19N5OS/c22-15(21-16-6-3-4-11(16)8-17-10-16)20-13-9-23-14(19-13)12-5-1-2-7-18-12/h1-2,5,7,9,11,17H,3-4,6,8,10H2,(H2,20,21,22)/t11-,16-/m0/s1. The second kappa shape index (κ2) is 5.90. The van der Waals surface area contributed by atoms with E-state index in [0.29, 0.717) is 11.7 Å². The maximum atomic E-state index is 12.4. The zero-order chi connectivity index (χ0) is 15.7. The van der Waals surface area contributed by atoms with Crippen molar-refractivity contribution >= 4 is 23.2 Å². The first-order valence-corrected chi connectivity index (χ1v) is 8.80. The Morgan fingerprint density at radius 3 is 3.26 bits per heavy atom. The molecule has 1 aliphatic carbocycles. The molecule has 4 rings (SSSR count). The Hall–Kier alpha value is -1.99. The van der Waals surface area contributed by atoms with Gasteiger partial charge in [-0.05, 0) is 30.9 Å². The first-order valence-electron chi connectivity index (χ1n) is 7.92. The van der Waals surface area contributed by atoms with Crippen LogP contribution >= 0.6 is 11.3 Å². The van der Waals surface area contributed by atoms with Crippen molar-refractivity contribution in [1.29, 1.82) is 0 Å². The van der Waals surface area contributed by atoms with Gasteiger partial charge in [-0.25, -0.2) is 9.78 Å². The molecule has 2 aromatic heterocycles. The van der Waals surface area contributed by atoms with Crippen LogP contribution in [0.3, 0.4) is 0 Å². The number of nitrogens with zero attached hydrogens (tertiary/aromatic N) is 2. The van der Waals surface area contributed by atoms with Crippen molar-refractivity contribution < 1.29 is 4.79 Å². The van der Waals surface area contributed by atoms with E-state index in [1.54, 1.807) is 6.20 Å². The third-order valence-electron chi connectivity index (χ3n) is 4.78. The topological polar surface area (TPSA) is 78.9 Å². The lowest BCUT2D eigenvalue weighted by atomic mass is 9.91. The fourth-order valence-corrected chi connectivity index (χ4v) is 4.39. The van der Waals surface area contributed by atoms with Crippen molar-refractivity contribution in [3.05, 3.63) is 29.8 Å². The quantitative estimate of drug-likeness (QED) is 0.808. The average molecular weight is 329 g/mol. The predicted octanol–water partition coefficient (Wildman–Crippen LogP) is 2.47. The van der Waals surface area contributed by atoms with Gasteiger partial charge in [0.2, 0.25) is 0 Å². The Labute approximate surface area is 138 Å². The van der Waals surface area contributed by atoms with Crippen LogP contribution in [0.5, 0.6) is 0 Å². The molecule has 1 aliphatic heterocycles. The van der Waals surface area contributed by atoms with Crippen molar-refractivity contribution in [3.8, 4) is 10.7 Å².